The number of hydrogen-bond donors (Lipinski definition) is 0. The summed E-state index contributed by atoms with van der Waals surface area (Å²) in [4.78, 5) is 37.4. The van der Waals surface area contributed by atoms with E-state index in [1.165, 1.54) is 64.2 Å². The molecule has 0 aliphatic carbocycles. The summed E-state index contributed by atoms with van der Waals surface area (Å²) in [7, 11) is 5.90. The Kier molecular flexibility index (Phi) is 57.6. The Hall–Kier alpha value is -4.83. The van der Waals surface area contributed by atoms with Crippen molar-refractivity contribution in [2.24, 2.45) is 0 Å². The van der Waals surface area contributed by atoms with Gasteiger partial charge in [0.1, 0.15) is 13.2 Å². The molecule has 0 spiro atoms. The molecule has 0 bridgehead atoms. The first-order valence-corrected chi connectivity index (χ1v) is 32.0. The molecule has 0 aromatic carbocycles. The third-order valence-corrected chi connectivity index (χ3v) is 13.1. The maximum absolute atomic E-state index is 12.9. The van der Waals surface area contributed by atoms with Crippen molar-refractivity contribution in [3.05, 3.63) is 146 Å². The fraction of sp³-hybridized carbons (Fsp3) is 0.625. The molecule has 458 valence electrons. The van der Waals surface area contributed by atoms with Crippen LogP contribution in [0.1, 0.15) is 232 Å². The van der Waals surface area contributed by atoms with Gasteiger partial charge in [0.2, 0.25) is 0 Å². The Labute approximate surface area is 496 Å². The first-order chi connectivity index (χ1) is 39.6. The number of carbonyl (C=O) groups excluding carboxylic acids is 3. The van der Waals surface area contributed by atoms with Gasteiger partial charge in [0.05, 0.1) is 40.3 Å². The number of aliphatic carboxylic acids is 1. The maximum Gasteiger partial charge on any atom is 0.306 e. The summed E-state index contributed by atoms with van der Waals surface area (Å²) in [5.41, 5.74) is 0. The molecule has 0 amide bonds. The summed E-state index contributed by atoms with van der Waals surface area (Å²) in [6.07, 6.45) is 86.1. The predicted molar refractivity (Wildman–Crippen MR) is 342 cm³/mol. The molecule has 0 aliphatic heterocycles. The molecule has 9 nitrogen and oxygen atoms in total. The third-order valence-electron chi connectivity index (χ3n) is 13.1. The second-order valence-electron chi connectivity index (χ2n) is 22.0. The minimum Gasteiger partial charge on any atom is -0.545 e. The van der Waals surface area contributed by atoms with Crippen LogP contribution in [0.3, 0.4) is 0 Å². The lowest BCUT2D eigenvalue weighted by Gasteiger charge is -2.26. The van der Waals surface area contributed by atoms with E-state index in [0.717, 1.165) is 135 Å². The Morgan fingerprint density at radius 3 is 1.05 bits per heavy atom. The number of likely N-dealkylation sites (N-methyl/N-ethyl adjacent to an activating group) is 1. The summed E-state index contributed by atoms with van der Waals surface area (Å²) in [6, 6.07) is 0. The number of ether oxygens (including phenoxy) is 4. The van der Waals surface area contributed by atoms with Crippen LogP contribution in [-0.2, 0) is 33.3 Å². The van der Waals surface area contributed by atoms with Crippen molar-refractivity contribution in [3.63, 3.8) is 0 Å². The first-order valence-electron chi connectivity index (χ1n) is 32.0. The molecule has 0 radical (unpaired) electrons. The fourth-order valence-electron chi connectivity index (χ4n) is 8.18. The summed E-state index contributed by atoms with van der Waals surface area (Å²) in [6.45, 7) is 4.57. The number of hydrogen-bond acceptors (Lipinski definition) is 8. The van der Waals surface area contributed by atoms with Crippen molar-refractivity contribution in [2.45, 2.75) is 245 Å². The standard InChI is InChI=1S/C72H117NO8/c1-6-8-10-12-14-16-18-20-22-24-26-28-30-31-32-33-34-35-36-37-38-39-41-43-45-47-49-51-53-55-57-59-61-63-70(75)81-68(67-80-72(71(76)77)78-65-64-73(3,4)5)66-79-69(74)62-60-58-56-54-52-50-48-46-44-42-40-29-27-25-23-21-19-17-15-13-11-9-7-2/h8,10,14,16,19-22,25-28,31-32,34-35,37-38,40-43,47,49,68,72H,6-7,9,11-13,15,17-18,23-24,29-30,33,36,39,44-46,48,50-67H2,1-5H3/b10-8-,16-14-,21-19-,22-20-,27-25-,28-26-,32-31-,35-34-,38-37-,42-40-,43-41-,49-47-. The SMILES string of the molecule is CC/C=C\C/C=C\C/C=C\C/C=C\C/C=C\C/C=C\C/C=C\C/C=C\C/C=C\CCCCCCCC(=O)OC(COC(=O)CCCCCCCCCC/C=C\C/C=C\C/C=C\CCCCCCC)COC(OCC[N+](C)(C)C)C(=O)[O-]. The highest BCUT2D eigenvalue weighted by molar-refractivity contribution is 5.70. The highest BCUT2D eigenvalue weighted by Crippen LogP contribution is 2.14. The summed E-state index contributed by atoms with van der Waals surface area (Å²) < 4.78 is 22.7. The van der Waals surface area contributed by atoms with Gasteiger partial charge in [-0.05, 0) is 122 Å². The second-order valence-corrected chi connectivity index (χ2v) is 22.0. The average Bonchev–Trinajstić information content (AvgIpc) is 3.44. The van der Waals surface area contributed by atoms with Gasteiger partial charge in [0.15, 0.2) is 12.4 Å². The van der Waals surface area contributed by atoms with Gasteiger partial charge in [0, 0.05) is 12.8 Å². The fourth-order valence-corrected chi connectivity index (χ4v) is 8.18. The molecule has 9 heteroatoms. The largest absolute Gasteiger partial charge is 0.545 e. The smallest absolute Gasteiger partial charge is 0.306 e. The lowest BCUT2D eigenvalue weighted by molar-refractivity contribution is -0.870. The van der Waals surface area contributed by atoms with E-state index in [-0.39, 0.29) is 38.6 Å². The molecule has 2 atom stereocenters. The van der Waals surface area contributed by atoms with Gasteiger partial charge in [-0.25, -0.2) is 0 Å². The van der Waals surface area contributed by atoms with Gasteiger partial charge >= 0.3 is 11.9 Å². The topological polar surface area (TPSA) is 111 Å². The number of allylic oxidation sites excluding steroid dienone is 24. The molecule has 0 fully saturated rings. The van der Waals surface area contributed by atoms with Crippen LogP contribution in [0, 0.1) is 0 Å². The molecule has 0 aromatic heterocycles. The minimum atomic E-state index is -1.64. The molecule has 0 saturated heterocycles. The van der Waals surface area contributed by atoms with E-state index in [1.807, 2.05) is 21.1 Å². The van der Waals surface area contributed by atoms with Gasteiger partial charge in [-0.2, -0.15) is 0 Å². The summed E-state index contributed by atoms with van der Waals surface area (Å²) >= 11 is 0. The van der Waals surface area contributed by atoms with E-state index >= 15 is 0 Å². The molecular formula is C72H117NO8. The van der Waals surface area contributed by atoms with E-state index in [4.69, 9.17) is 18.9 Å². The zero-order chi connectivity index (χ0) is 59.1. The number of carboxylic acid groups (broad SMARTS) is 1. The number of rotatable bonds is 57. The molecule has 0 rings (SSSR count). The predicted octanol–water partition coefficient (Wildman–Crippen LogP) is 18.2. The van der Waals surface area contributed by atoms with E-state index in [2.05, 4.69) is 160 Å². The molecule has 0 N–H and O–H groups in total. The molecule has 81 heavy (non-hydrogen) atoms. The van der Waals surface area contributed by atoms with Crippen LogP contribution >= 0.6 is 0 Å². The number of esters is 2. The number of carbonyl (C=O) groups is 3. The van der Waals surface area contributed by atoms with Crippen molar-refractivity contribution >= 4 is 17.9 Å². The van der Waals surface area contributed by atoms with Gasteiger partial charge in [-0.1, -0.05) is 243 Å². The lowest BCUT2D eigenvalue weighted by Crippen LogP contribution is -2.44. The van der Waals surface area contributed by atoms with Gasteiger partial charge in [-0.3, -0.25) is 9.59 Å². The van der Waals surface area contributed by atoms with Crippen LogP contribution in [0.15, 0.2) is 146 Å². The van der Waals surface area contributed by atoms with E-state index in [0.29, 0.717) is 17.4 Å². The molecular weight excluding hydrogens is 1010 g/mol. The quantitative estimate of drug-likeness (QED) is 0.0195. The van der Waals surface area contributed by atoms with Crippen LogP contribution in [-0.4, -0.2) is 82.3 Å². The van der Waals surface area contributed by atoms with E-state index < -0.39 is 24.3 Å². The Balaban J connectivity index is 4.31. The van der Waals surface area contributed by atoms with Gasteiger partial charge in [0.25, 0.3) is 0 Å². The zero-order valence-electron chi connectivity index (χ0n) is 52.1. The van der Waals surface area contributed by atoms with Crippen molar-refractivity contribution in [2.75, 3.05) is 47.5 Å². The summed E-state index contributed by atoms with van der Waals surface area (Å²) in [5, 5.41) is 11.8. The van der Waals surface area contributed by atoms with Crippen molar-refractivity contribution in [1.29, 1.82) is 0 Å². The number of carboxylic acids is 1. The minimum absolute atomic E-state index is 0.134. The van der Waals surface area contributed by atoms with Crippen molar-refractivity contribution < 1.29 is 42.9 Å². The zero-order valence-corrected chi connectivity index (χ0v) is 52.1. The van der Waals surface area contributed by atoms with Gasteiger partial charge in [-0.15, -0.1) is 0 Å². The van der Waals surface area contributed by atoms with Crippen LogP contribution in [0.2, 0.25) is 0 Å². The molecule has 0 saturated carbocycles. The number of quaternary nitrogens is 1. The van der Waals surface area contributed by atoms with Crippen LogP contribution < -0.4 is 5.11 Å². The van der Waals surface area contributed by atoms with E-state index in [1.54, 1.807) is 0 Å². The molecule has 0 aromatic rings. The van der Waals surface area contributed by atoms with Crippen LogP contribution in [0.5, 0.6) is 0 Å². The normalized spacial score (nSPS) is 13.7. The molecule has 0 aliphatic rings. The highest BCUT2D eigenvalue weighted by atomic mass is 16.7. The Bertz CT molecular complexity index is 1840. The monoisotopic (exact) mass is 1120 g/mol. The number of unbranched alkanes of at least 4 members (excludes halogenated alkanes) is 18. The summed E-state index contributed by atoms with van der Waals surface area (Å²) in [5.74, 6) is -2.33. The van der Waals surface area contributed by atoms with E-state index in [9.17, 15) is 19.5 Å². The van der Waals surface area contributed by atoms with Crippen molar-refractivity contribution in [1.82, 2.24) is 0 Å². The number of nitrogens with zero attached hydrogens (tertiary/aromatic N) is 1. The van der Waals surface area contributed by atoms with Crippen molar-refractivity contribution in [3.8, 4) is 0 Å². The van der Waals surface area contributed by atoms with Gasteiger partial charge < -0.3 is 33.3 Å². The maximum atomic E-state index is 12.9. The second kappa shape index (κ2) is 61.2. The first kappa shape index (κ1) is 76.2. The molecule has 2 unspecified atom stereocenters. The lowest BCUT2D eigenvalue weighted by atomic mass is 10.1. The van der Waals surface area contributed by atoms with Crippen LogP contribution in [0.4, 0.5) is 0 Å². The Morgan fingerprint density at radius 2 is 0.704 bits per heavy atom. The molecule has 0 heterocycles. The third kappa shape index (κ3) is 62.6. The van der Waals surface area contributed by atoms with Crippen LogP contribution in [0.25, 0.3) is 0 Å². The Morgan fingerprint density at radius 1 is 0.383 bits per heavy atom. The highest BCUT2D eigenvalue weighted by Gasteiger charge is 2.22. The average molecular weight is 1120 g/mol.